The highest BCUT2D eigenvalue weighted by atomic mass is 16.2. The molecule has 6 nitrogen and oxygen atoms in total. The highest BCUT2D eigenvalue weighted by Gasteiger charge is 2.17. The standard InChI is InChI=1S/C20H23N5O/c1-13(11-16-7-5-6-10-21-16)25(4)20(26)24-17-8-9-18-19(12-17)23-15(3)14(2)22-18/h5-10,12-13H,11H2,1-4H3,(H,24,26)/t13-/m1/s1. The number of carbonyl (C=O) groups excluding carboxylic acids is 1. The van der Waals surface area contributed by atoms with E-state index < -0.39 is 0 Å². The van der Waals surface area contributed by atoms with E-state index in [0.29, 0.717) is 12.1 Å². The van der Waals surface area contributed by atoms with Gasteiger partial charge in [0.25, 0.3) is 0 Å². The van der Waals surface area contributed by atoms with Crippen molar-refractivity contribution in [2.24, 2.45) is 0 Å². The fourth-order valence-corrected chi connectivity index (χ4v) is 2.68. The van der Waals surface area contributed by atoms with Crippen LogP contribution in [0.1, 0.15) is 24.0 Å². The summed E-state index contributed by atoms with van der Waals surface area (Å²) < 4.78 is 0. The third kappa shape index (κ3) is 3.96. The molecule has 0 saturated heterocycles. The van der Waals surface area contributed by atoms with Crippen molar-refractivity contribution in [2.45, 2.75) is 33.2 Å². The van der Waals surface area contributed by atoms with Crippen molar-refractivity contribution in [3.63, 3.8) is 0 Å². The first-order chi connectivity index (χ1) is 12.4. The second kappa shape index (κ2) is 7.47. The molecule has 1 atom stereocenters. The molecule has 0 aliphatic heterocycles. The van der Waals surface area contributed by atoms with Crippen molar-refractivity contribution in [1.29, 1.82) is 0 Å². The molecule has 134 valence electrons. The minimum Gasteiger partial charge on any atom is -0.324 e. The van der Waals surface area contributed by atoms with Crippen molar-refractivity contribution in [3.8, 4) is 0 Å². The van der Waals surface area contributed by atoms with Crippen LogP contribution in [0.3, 0.4) is 0 Å². The van der Waals surface area contributed by atoms with E-state index in [4.69, 9.17) is 0 Å². The molecule has 0 saturated carbocycles. The van der Waals surface area contributed by atoms with Crippen molar-refractivity contribution < 1.29 is 4.79 Å². The van der Waals surface area contributed by atoms with Gasteiger partial charge in [0.2, 0.25) is 0 Å². The van der Waals surface area contributed by atoms with Crippen molar-refractivity contribution in [3.05, 3.63) is 59.7 Å². The molecule has 0 fully saturated rings. The van der Waals surface area contributed by atoms with Crippen LogP contribution in [-0.2, 0) is 6.42 Å². The molecule has 1 N–H and O–H groups in total. The molecule has 0 spiro atoms. The summed E-state index contributed by atoms with van der Waals surface area (Å²) in [5.74, 6) is 0. The number of fused-ring (bicyclic) bond motifs is 1. The number of hydrogen-bond acceptors (Lipinski definition) is 4. The minimum atomic E-state index is -0.162. The molecular weight excluding hydrogens is 326 g/mol. The van der Waals surface area contributed by atoms with E-state index in [9.17, 15) is 4.79 Å². The van der Waals surface area contributed by atoms with Crippen LogP contribution < -0.4 is 5.32 Å². The van der Waals surface area contributed by atoms with E-state index in [1.165, 1.54) is 0 Å². The Morgan fingerprint density at radius 3 is 2.54 bits per heavy atom. The number of aromatic nitrogens is 3. The Morgan fingerprint density at radius 1 is 1.12 bits per heavy atom. The van der Waals surface area contributed by atoms with Gasteiger partial charge in [-0.05, 0) is 51.1 Å². The number of urea groups is 1. The van der Waals surface area contributed by atoms with E-state index in [0.717, 1.165) is 28.1 Å². The van der Waals surface area contributed by atoms with Crippen LogP contribution in [0.4, 0.5) is 10.5 Å². The molecule has 2 amide bonds. The molecule has 3 aromatic rings. The van der Waals surface area contributed by atoms with Crippen LogP contribution in [0.15, 0.2) is 42.6 Å². The van der Waals surface area contributed by atoms with E-state index >= 15 is 0 Å². The van der Waals surface area contributed by atoms with Crippen molar-refractivity contribution in [2.75, 3.05) is 12.4 Å². The summed E-state index contributed by atoms with van der Waals surface area (Å²) in [5.41, 5.74) is 5.07. The zero-order valence-electron chi connectivity index (χ0n) is 15.5. The number of rotatable bonds is 4. The van der Waals surface area contributed by atoms with Gasteiger partial charge in [-0.15, -0.1) is 0 Å². The first-order valence-electron chi connectivity index (χ1n) is 8.63. The third-order valence-corrected chi connectivity index (χ3v) is 4.54. The number of anilines is 1. The number of likely N-dealkylation sites (N-methyl/N-ethyl adjacent to an activating group) is 1. The number of hydrogen-bond donors (Lipinski definition) is 1. The summed E-state index contributed by atoms with van der Waals surface area (Å²) in [6.45, 7) is 5.88. The molecule has 1 aromatic carbocycles. The maximum Gasteiger partial charge on any atom is 0.321 e. The summed E-state index contributed by atoms with van der Waals surface area (Å²) in [4.78, 5) is 27.6. The molecule has 3 rings (SSSR count). The van der Waals surface area contributed by atoms with Gasteiger partial charge in [-0.1, -0.05) is 6.07 Å². The van der Waals surface area contributed by atoms with Crippen LogP contribution in [0.2, 0.25) is 0 Å². The topological polar surface area (TPSA) is 71.0 Å². The van der Waals surface area contributed by atoms with Crippen molar-refractivity contribution in [1.82, 2.24) is 19.9 Å². The number of nitrogens with zero attached hydrogens (tertiary/aromatic N) is 4. The molecule has 26 heavy (non-hydrogen) atoms. The van der Waals surface area contributed by atoms with Gasteiger partial charge in [0.05, 0.1) is 22.4 Å². The lowest BCUT2D eigenvalue weighted by atomic mass is 10.1. The Morgan fingerprint density at radius 2 is 1.85 bits per heavy atom. The number of pyridine rings is 1. The Kier molecular flexibility index (Phi) is 5.11. The molecule has 0 aliphatic carbocycles. The van der Waals surface area contributed by atoms with Gasteiger partial charge in [-0.3, -0.25) is 4.98 Å². The summed E-state index contributed by atoms with van der Waals surface area (Å²) in [5, 5.41) is 2.93. The number of benzene rings is 1. The largest absolute Gasteiger partial charge is 0.324 e. The Hall–Kier alpha value is -3.02. The quantitative estimate of drug-likeness (QED) is 0.779. The second-order valence-electron chi connectivity index (χ2n) is 6.51. The molecule has 0 bridgehead atoms. The Labute approximate surface area is 153 Å². The number of nitrogens with one attached hydrogen (secondary N) is 1. The Bertz CT molecular complexity index is 926. The molecule has 0 radical (unpaired) electrons. The molecule has 0 unspecified atom stereocenters. The Balaban J connectivity index is 1.70. The highest BCUT2D eigenvalue weighted by Crippen LogP contribution is 2.18. The van der Waals surface area contributed by atoms with Crippen LogP contribution in [0.5, 0.6) is 0 Å². The number of aryl methyl sites for hydroxylation is 2. The lowest BCUT2D eigenvalue weighted by Crippen LogP contribution is -2.39. The SMILES string of the molecule is Cc1nc2ccc(NC(=O)N(C)[C@H](C)Cc3ccccn3)cc2nc1C. The zero-order chi connectivity index (χ0) is 18.7. The smallest absolute Gasteiger partial charge is 0.321 e. The number of amides is 2. The maximum absolute atomic E-state index is 12.6. The predicted molar refractivity (Wildman–Crippen MR) is 103 cm³/mol. The lowest BCUT2D eigenvalue weighted by Gasteiger charge is -2.25. The zero-order valence-corrected chi connectivity index (χ0v) is 15.5. The summed E-state index contributed by atoms with van der Waals surface area (Å²) in [7, 11) is 1.79. The minimum absolute atomic E-state index is 0.0232. The van der Waals surface area contributed by atoms with Gasteiger partial charge in [-0.2, -0.15) is 0 Å². The summed E-state index contributed by atoms with van der Waals surface area (Å²) in [6.07, 6.45) is 2.47. The number of carbonyl (C=O) groups is 1. The summed E-state index contributed by atoms with van der Waals surface area (Å²) in [6, 6.07) is 11.2. The predicted octanol–water partition coefficient (Wildman–Crippen LogP) is 3.74. The van der Waals surface area contributed by atoms with Gasteiger partial charge in [0, 0.05) is 37.1 Å². The molecule has 6 heteroatoms. The van der Waals surface area contributed by atoms with Crippen molar-refractivity contribution >= 4 is 22.8 Å². The van der Waals surface area contributed by atoms with Crippen LogP contribution >= 0.6 is 0 Å². The third-order valence-electron chi connectivity index (χ3n) is 4.54. The normalized spacial score (nSPS) is 12.0. The van der Waals surface area contributed by atoms with Gasteiger partial charge in [0.1, 0.15) is 0 Å². The first kappa shape index (κ1) is 17.8. The highest BCUT2D eigenvalue weighted by molar-refractivity contribution is 5.91. The van der Waals surface area contributed by atoms with Gasteiger partial charge >= 0.3 is 6.03 Å². The fraction of sp³-hybridized carbons (Fsp3) is 0.300. The second-order valence-corrected chi connectivity index (χ2v) is 6.51. The van der Waals surface area contributed by atoms with Gasteiger partial charge in [-0.25, -0.2) is 14.8 Å². The maximum atomic E-state index is 12.6. The molecule has 2 aromatic heterocycles. The molecule has 0 aliphatic rings. The average molecular weight is 349 g/mol. The monoisotopic (exact) mass is 349 g/mol. The lowest BCUT2D eigenvalue weighted by molar-refractivity contribution is 0.207. The summed E-state index contributed by atoms with van der Waals surface area (Å²) >= 11 is 0. The van der Waals surface area contributed by atoms with Gasteiger partial charge in [0.15, 0.2) is 0 Å². The van der Waals surface area contributed by atoms with E-state index in [1.54, 1.807) is 18.1 Å². The first-order valence-corrected chi connectivity index (χ1v) is 8.63. The van der Waals surface area contributed by atoms with E-state index in [-0.39, 0.29) is 12.1 Å². The van der Waals surface area contributed by atoms with E-state index in [1.807, 2.05) is 57.2 Å². The van der Waals surface area contributed by atoms with Crippen LogP contribution in [-0.4, -0.2) is 39.0 Å². The van der Waals surface area contributed by atoms with E-state index in [2.05, 4.69) is 20.3 Å². The van der Waals surface area contributed by atoms with Gasteiger partial charge < -0.3 is 10.2 Å². The van der Waals surface area contributed by atoms with Crippen LogP contribution in [0.25, 0.3) is 11.0 Å². The van der Waals surface area contributed by atoms with Crippen LogP contribution in [0, 0.1) is 13.8 Å². The fourth-order valence-electron chi connectivity index (χ4n) is 2.68. The molecule has 2 heterocycles. The molecular formula is C20H23N5O. The average Bonchev–Trinajstić information content (AvgIpc) is 2.63.